The van der Waals surface area contributed by atoms with Crippen LogP contribution in [0.25, 0.3) is 11.3 Å². The van der Waals surface area contributed by atoms with Crippen LogP contribution in [-0.2, 0) is 0 Å². The van der Waals surface area contributed by atoms with Gasteiger partial charge in [-0.25, -0.2) is 14.4 Å². The zero-order chi connectivity index (χ0) is 14.0. The second kappa shape index (κ2) is 5.22. The molecule has 1 heterocycles. The van der Waals surface area contributed by atoms with E-state index in [9.17, 15) is 4.39 Å². The lowest BCUT2D eigenvalue weighted by Gasteiger charge is -2.14. The Morgan fingerprint density at radius 2 is 2.00 bits per heavy atom. The van der Waals surface area contributed by atoms with Crippen LogP contribution in [0.2, 0.25) is 0 Å². The molecule has 0 fully saturated rings. The maximum atomic E-state index is 14.1. The van der Waals surface area contributed by atoms with Crippen LogP contribution in [0.15, 0.2) is 24.5 Å². The average molecular weight is 261 g/mol. The third kappa shape index (κ3) is 2.50. The summed E-state index contributed by atoms with van der Waals surface area (Å²) in [7, 11) is 1.50. The Bertz CT molecular complexity index is 599. The minimum absolute atomic E-state index is 0.109. The van der Waals surface area contributed by atoms with E-state index in [-0.39, 0.29) is 11.7 Å². The zero-order valence-corrected chi connectivity index (χ0v) is 11.1. The maximum absolute atomic E-state index is 14.1. The number of halogens is 1. The summed E-state index contributed by atoms with van der Waals surface area (Å²) in [6.07, 6.45) is 1.35. The van der Waals surface area contributed by atoms with Crippen LogP contribution >= 0.6 is 0 Å². The fourth-order valence-corrected chi connectivity index (χ4v) is 2.01. The number of nitrogen functional groups attached to an aromatic ring is 1. The summed E-state index contributed by atoms with van der Waals surface area (Å²) < 4.78 is 19.1. The normalized spacial score (nSPS) is 10.8. The molecule has 0 bridgehead atoms. The van der Waals surface area contributed by atoms with E-state index in [4.69, 9.17) is 10.5 Å². The van der Waals surface area contributed by atoms with E-state index in [0.717, 1.165) is 5.56 Å². The summed E-state index contributed by atoms with van der Waals surface area (Å²) in [5.41, 5.74) is 7.56. The third-order valence-electron chi connectivity index (χ3n) is 2.92. The largest absolute Gasteiger partial charge is 0.497 e. The Labute approximate surface area is 111 Å². The van der Waals surface area contributed by atoms with Crippen molar-refractivity contribution in [1.29, 1.82) is 0 Å². The quantitative estimate of drug-likeness (QED) is 0.922. The van der Waals surface area contributed by atoms with Gasteiger partial charge in [0, 0.05) is 17.2 Å². The Morgan fingerprint density at radius 3 is 2.58 bits per heavy atom. The van der Waals surface area contributed by atoms with Crippen LogP contribution in [0.4, 0.5) is 10.2 Å². The van der Waals surface area contributed by atoms with Gasteiger partial charge in [-0.15, -0.1) is 0 Å². The number of hydrogen-bond donors (Lipinski definition) is 1. The molecule has 0 atom stereocenters. The molecule has 1 aromatic carbocycles. The lowest BCUT2D eigenvalue weighted by atomic mass is 9.97. The predicted molar refractivity (Wildman–Crippen MR) is 72.5 cm³/mol. The number of nitrogens with zero attached hydrogens (tertiary/aromatic N) is 2. The van der Waals surface area contributed by atoms with E-state index in [1.807, 2.05) is 13.8 Å². The summed E-state index contributed by atoms with van der Waals surface area (Å²) >= 11 is 0. The second-order valence-electron chi connectivity index (χ2n) is 4.52. The number of nitrogens with two attached hydrogens (primary N) is 1. The lowest BCUT2D eigenvalue weighted by Crippen LogP contribution is -2.05. The van der Waals surface area contributed by atoms with E-state index in [1.54, 1.807) is 12.1 Å². The van der Waals surface area contributed by atoms with Gasteiger partial charge < -0.3 is 10.5 Å². The molecule has 100 valence electrons. The molecule has 0 saturated heterocycles. The highest BCUT2D eigenvalue weighted by Crippen LogP contribution is 2.33. The highest BCUT2D eigenvalue weighted by Gasteiger charge is 2.17. The molecule has 0 spiro atoms. The van der Waals surface area contributed by atoms with Crippen LogP contribution in [0.3, 0.4) is 0 Å². The summed E-state index contributed by atoms with van der Waals surface area (Å²) in [4.78, 5) is 8.14. The summed E-state index contributed by atoms with van der Waals surface area (Å²) in [5.74, 6) is 0.571. The van der Waals surface area contributed by atoms with Gasteiger partial charge in [0.25, 0.3) is 0 Å². The molecule has 4 nitrogen and oxygen atoms in total. The van der Waals surface area contributed by atoms with Gasteiger partial charge in [0.1, 0.15) is 23.7 Å². The lowest BCUT2D eigenvalue weighted by molar-refractivity contribution is 0.411. The Hall–Kier alpha value is -2.17. The first kappa shape index (κ1) is 13.3. The number of anilines is 1. The van der Waals surface area contributed by atoms with Gasteiger partial charge in [-0.1, -0.05) is 13.8 Å². The highest BCUT2D eigenvalue weighted by atomic mass is 19.1. The molecule has 0 aliphatic heterocycles. The fourth-order valence-electron chi connectivity index (χ4n) is 2.01. The van der Waals surface area contributed by atoms with Gasteiger partial charge in [-0.3, -0.25) is 0 Å². The highest BCUT2D eigenvalue weighted by molar-refractivity contribution is 5.69. The van der Waals surface area contributed by atoms with Crippen molar-refractivity contribution in [3.8, 4) is 17.0 Å². The molecule has 1 aromatic heterocycles. The van der Waals surface area contributed by atoms with Gasteiger partial charge in [0.2, 0.25) is 0 Å². The van der Waals surface area contributed by atoms with Crippen LogP contribution in [0.1, 0.15) is 25.3 Å². The van der Waals surface area contributed by atoms with Crippen molar-refractivity contribution in [3.63, 3.8) is 0 Å². The molecule has 0 amide bonds. The smallest absolute Gasteiger partial charge is 0.136 e. The standard InChI is InChI=1S/C14H16FN3O/c1-8(2)12-13(17-7-18-14(12)16)10-5-4-9(19-3)6-11(10)15/h4-8H,1-3H3,(H2,16,17,18). The van der Waals surface area contributed by atoms with Crippen molar-refractivity contribution in [2.24, 2.45) is 0 Å². The number of rotatable bonds is 3. The average Bonchev–Trinajstić information content (AvgIpc) is 2.37. The molecule has 0 radical (unpaired) electrons. The van der Waals surface area contributed by atoms with E-state index >= 15 is 0 Å². The topological polar surface area (TPSA) is 61.0 Å². The first-order valence-corrected chi connectivity index (χ1v) is 5.99. The minimum atomic E-state index is -0.389. The van der Waals surface area contributed by atoms with Gasteiger partial charge in [0.05, 0.1) is 12.8 Å². The summed E-state index contributed by atoms with van der Waals surface area (Å²) in [6.45, 7) is 3.94. The minimum Gasteiger partial charge on any atom is -0.497 e. The predicted octanol–water partition coefficient (Wildman–Crippen LogP) is 3.00. The van der Waals surface area contributed by atoms with Crippen LogP contribution in [0, 0.1) is 5.82 Å². The van der Waals surface area contributed by atoms with Crippen LogP contribution in [-0.4, -0.2) is 17.1 Å². The van der Waals surface area contributed by atoms with Crippen LogP contribution in [0.5, 0.6) is 5.75 Å². The van der Waals surface area contributed by atoms with Crippen molar-refractivity contribution >= 4 is 5.82 Å². The van der Waals surface area contributed by atoms with Crippen molar-refractivity contribution in [2.45, 2.75) is 19.8 Å². The molecule has 0 aliphatic rings. The molecular formula is C14H16FN3O. The van der Waals surface area contributed by atoms with Crippen LogP contribution < -0.4 is 10.5 Å². The number of hydrogen-bond acceptors (Lipinski definition) is 4. The second-order valence-corrected chi connectivity index (χ2v) is 4.52. The van der Waals surface area contributed by atoms with E-state index in [2.05, 4.69) is 9.97 Å². The van der Waals surface area contributed by atoms with Crippen molar-refractivity contribution in [2.75, 3.05) is 12.8 Å². The SMILES string of the molecule is COc1ccc(-c2ncnc(N)c2C(C)C)c(F)c1. The van der Waals surface area contributed by atoms with Gasteiger partial charge in [-0.05, 0) is 18.1 Å². The number of ether oxygens (including phenoxy) is 1. The monoisotopic (exact) mass is 261 g/mol. The molecule has 0 unspecified atom stereocenters. The van der Waals surface area contributed by atoms with Gasteiger partial charge >= 0.3 is 0 Å². The van der Waals surface area contributed by atoms with E-state index < -0.39 is 0 Å². The molecule has 0 aliphatic carbocycles. The maximum Gasteiger partial charge on any atom is 0.136 e. The molecule has 2 aromatic rings. The number of benzene rings is 1. The molecule has 2 rings (SSSR count). The molecule has 2 N–H and O–H groups in total. The summed E-state index contributed by atoms with van der Waals surface area (Å²) in [6, 6.07) is 4.67. The molecular weight excluding hydrogens is 245 g/mol. The Balaban J connectivity index is 2.62. The van der Waals surface area contributed by atoms with E-state index in [1.165, 1.54) is 19.5 Å². The van der Waals surface area contributed by atoms with Gasteiger partial charge in [-0.2, -0.15) is 0 Å². The first-order chi connectivity index (χ1) is 9.04. The number of aromatic nitrogens is 2. The third-order valence-corrected chi connectivity index (χ3v) is 2.92. The fraction of sp³-hybridized carbons (Fsp3) is 0.286. The van der Waals surface area contributed by atoms with Crippen molar-refractivity contribution in [1.82, 2.24) is 9.97 Å². The molecule has 5 heteroatoms. The van der Waals surface area contributed by atoms with Crippen molar-refractivity contribution in [3.05, 3.63) is 35.9 Å². The van der Waals surface area contributed by atoms with Crippen molar-refractivity contribution < 1.29 is 9.13 Å². The first-order valence-electron chi connectivity index (χ1n) is 5.99. The Kier molecular flexibility index (Phi) is 3.64. The molecule has 19 heavy (non-hydrogen) atoms. The van der Waals surface area contributed by atoms with E-state index in [0.29, 0.717) is 22.8 Å². The van der Waals surface area contributed by atoms with Gasteiger partial charge in [0.15, 0.2) is 0 Å². The Morgan fingerprint density at radius 1 is 1.26 bits per heavy atom. The number of methoxy groups -OCH3 is 1. The summed E-state index contributed by atoms with van der Waals surface area (Å²) in [5, 5.41) is 0. The zero-order valence-electron chi connectivity index (χ0n) is 11.1. The molecule has 0 saturated carbocycles.